The van der Waals surface area contributed by atoms with Crippen LogP contribution in [0.4, 0.5) is 5.69 Å². The average Bonchev–Trinajstić information content (AvgIpc) is 2.47. The number of nitrogens with two attached hydrogens (primary N) is 1. The quantitative estimate of drug-likeness (QED) is 0.761. The average molecular weight is 312 g/mol. The maximum absolute atomic E-state index is 12.1. The Labute approximate surface area is 129 Å². The van der Waals surface area contributed by atoms with Gasteiger partial charge in [0.15, 0.2) is 9.84 Å². The Morgan fingerprint density at radius 3 is 2.10 bits per heavy atom. The molecule has 2 N–H and O–H groups in total. The van der Waals surface area contributed by atoms with Crippen molar-refractivity contribution in [3.8, 4) is 0 Å². The number of hydrogen-bond donors (Lipinski definition) is 1. The van der Waals surface area contributed by atoms with E-state index in [0.717, 1.165) is 25.1 Å². The largest absolute Gasteiger partial charge is 0.367 e. The van der Waals surface area contributed by atoms with Crippen molar-refractivity contribution in [1.82, 2.24) is 0 Å². The van der Waals surface area contributed by atoms with Gasteiger partial charge in [-0.2, -0.15) is 0 Å². The second-order valence-corrected chi connectivity index (χ2v) is 7.37. The van der Waals surface area contributed by atoms with E-state index in [4.69, 9.17) is 5.73 Å². The van der Waals surface area contributed by atoms with E-state index in [1.165, 1.54) is 0 Å². The summed E-state index contributed by atoms with van der Waals surface area (Å²) in [5.74, 6) is 0.200. The van der Waals surface area contributed by atoms with Crippen LogP contribution in [0.25, 0.3) is 0 Å². The van der Waals surface area contributed by atoms with E-state index in [-0.39, 0.29) is 5.75 Å². The van der Waals surface area contributed by atoms with E-state index in [9.17, 15) is 8.42 Å². The summed E-state index contributed by atoms with van der Waals surface area (Å²) in [6, 6.07) is 7.66. The fourth-order valence-electron chi connectivity index (χ4n) is 2.62. The van der Waals surface area contributed by atoms with Crippen molar-refractivity contribution in [1.29, 1.82) is 0 Å². The maximum Gasteiger partial charge on any atom is 0.178 e. The van der Waals surface area contributed by atoms with Gasteiger partial charge in [-0.25, -0.2) is 8.42 Å². The van der Waals surface area contributed by atoms with Gasteiger partial charge in [-0.05, 0) is 43.5 Å². The Morgan fingerprint density at radius 1 is 1.10 bits per heavy atom. The predicted octanol–water partition coefficient (Wildman–Crippen LogP) is 2.82. The topological polar surface area (TPSA) is 63.4 Å². The molecule has 0 saturated carbocycles. The summed E-state index contributed by atoms with van der Waals surface area (Å²) in [7, 11) is -3.14. The highest BCUT2D eigenvalue weighted by molar-refractivity contribution is 7.91. The van der Waals surface area contributed by atoms with Crippen LogP contribution < -0.4 is 10.6 Å². The van der Waals surface area contributed by atoms with Crippen LogP contribution in [-0.2, 0) is 9.84 Å². The molecule has 0 bridgehead atoms. The maximum atomic E-state index is 12.1. The van der Waals surface area contributed by atoms with Crippen LogP contribution >= 0.6 is 0 Å². The van der Waals surface area contributed by atoms with E-state index in [1.54, 1.807) is 12.1 Å². The first kappa shape index (κ1) is 18.0. The molecule has 120 valence electrons. The molecule has 4 nitrogen and oxygen atoms in total. The lowest BCUT2D eigenvalue weighted by atomic mass is 10.1. The SMILES string of the molecule is CCCS(=O)(=O)c1ccc(N(CCN)C(CC)CC)cc1. The number of benzene rings is 1. The van der Waals surface area contributed by atoms with Crippen molar-refractivity contribution in [2.75, 3.05) is 23.7 Å². The van der Waals surface area contributed by atoms with Crippen LogP contribution in [0.3, 0.4) is 0 Å². The molecule has 1 aromatic carbocycles. The summed E-state index contributed by atoms with van der Waals surface area (Å²) >= 11 is 0. The van der Waals surface area contributed by atoms with Gasteiger partial charge in [0.25, 0.3) is 0 Å². The van der Waals surface area contributed by atoms with E-state index in [0.29, 0.717) is 23.9 Å². The van der Waals surface area contributed by atoms with Crippen molar-refractivity contribution in [3.05, 3.63) is 24.3 Å². The van der Waals surface area contributed by atoms with E-state index >= 15 is 0 Å². The zero-order valence-corrected chi connectivity index (χ0v) is 14.2. The molecule has 0 radical (unpaired) electrons. The van der Waals surface area contributed by atoms with Crippen molar-refractivity contribution >= 4 is 15.5 Å². The smallest absolute Gasteiger partial charge is 0.178 e. The third kappa shape index (κ3) is 4.71. The number of sulfone groups is 1. The first-order valence-electron chi connectivity index (χ1n) is 7.79. The summed E-state index contributed by atoms with van der Waals surface area (Å²) in [5, 5.41) is 0. The van der Waals surface area contributed by atoms with Gasteiger partial charge >= 0.3 is 0 Å². The molecule has 0 fully saturated rings. The van der Waals surface area contributed by atoms with Gasteiger partial charge < -0.3 is 10.6 Å². The molecule has 0 aliphatic carbocycles. The number of hydrogen-bond acceptors (Lipinski definition) is 4. The van der Waals surface area contributed by atoms with Crippen molar-refractivity contribution < 1.29 is 8.42 Å². The lowest BCUT2D eigenvalue weighted by Crippen LogP contribution is -2.38. The minimum atomic E-state index is -3.14. The van der Waals surface area contributed by atoms with Crippen LogP contribution in [0.1, 0.15) is 40.0 Å². The first-order valence-corrected chi connectivity index (χ1v) is 9.44. The molecule has 0 heterocycles. The third-order valence-corrected chi connectivity index (χ3v) is 5.69. The summed E-state index contributed by atoms with van der Waals surface area (Å²) in [4.78, 5) is 2.68. The molecule has 0 atom stereocenters. The van der Waals surface area contributed by atoms with Crippen LogP contribution in [0, 0.1) is 0 Å². The van der Waals surface area contributed by atoms with E-state index in [2.05, 4.69) is 18.7 Å². The predicted molar refractivity (Wildman–Crippen MR) is 89.6 cm³/mol. The molecule has 0 aliphatic heterocycles. The van der Waals surface area contributed by atoms with Gasteiger partial charge in [0, 0.05) is 24.8 Å². The summed E-state index contributed by atoms with van der Waals surface area (Å²) in [6.45, 7) is 7.58. The monoisotopic (exact) mass is 312 g/mol. The van der Waals surface area contributed by atoms with Crippen LogP contribution in [0.2, 0.25) is 0 Å². The molecule has 0 aliphatic rings. The summed E-state index contributed by atoms with van der Waals surface area (Å²) < 4.78 is 24.1. The highest BCUT2D eigenvalue weighted by Crippen LogP contribution is 2.23. The molecule has 0 amide bonds. The number of anilines is 1. The van der Waals surface area contributed by atoms with Crippen molar-refractivity contribution in [2.45, 2.75) is 51.0 Å². The van der Waals surface area contributed by atoms with E-state index < -0.39 is 9.84 Å². The van der Waals surface area contributed by atoms with Gasteiger partial charge in [-0.1, -0.05) is 20.8 Å². The molecular formula is C16H28N2O2S. The Morgan fingerprint density at radius 2 is 1.67 bits per heavy atom. The lowest BCUT2D eigenvalue weighted by Gasteiger charge is -2.32. The minimum absolute atomic E-state index is 0.200. The number of rotatable bonds is 9. The number of nitrogens with zero attached hydrogens (tertiary/aromatic N) is 1. The summed E-state index contributed by atoms with van der Waals surface area (Å²) in [6.07, 6.45) is 2.73. The van der Waals surface area contributed by atoms with Crippen LogP contribution in [-0.4, -0.2) is 33.3 Å². The van der Waals surface area contributed by atoms with Crippen molar-refractivity contribution in [2.24, 2.45) is 5.73 Å². The Hall–Kier alpha value is -1.07. The van der Waals surface area contributed by atoms with Gasteiger partial charge in [-0.15, -0.1) is 0 Å². The molecule has 1 rings (SSSR count). The third-order valence-electron chi connectivity index (χ3n) is 3.75. The highest BCUT2D eigenvalue weighted by atomic mass is 32.2. The molecule has 5 heteroatoms. The van der Waals surface area contributed by atoms with Crippen molar-refractivity contribution in [3.63, 3.8) is 0 Å². The Balaban J connectivity index is 3.03. The fraction of sp³-hybridized carbons (Fsp3) is 0.625. The Bertz CT molecular complexity index is 508. The standard InChI is InChI=1S/C16H28N2O2S/c1-4-13-21(19,20)16-9-7-15(8-10-16)18(12-11-17)14(5-2)6-3/h7-10,14H,4-6,11-13,17H2,1-3H3. The molecule has 0 saturated heterocycles. The van der Waals surface area contributed by atoms with Gasteiger partial charge in [-0.3, -0.25) is 0 Å². The Kier molecular flexibility index (Phi) is 7.18. The molecule has 0 spiro atoms. The summed E-state index contributed by atoms with van der Waals surface area (Å²) in [5.41, 5.74) is 6.76. The van der Waals surface area contributed by atoms with Crippen LogP contribution in [0.15, 0.2) is 29.2 Å². The highest BCUT2D eigenvalue weighted by Gasteiger charge is 2.17. The van der Waals surface area contributed by atoms with Gasteiger partial charge in [0.05, 0.1) is 10.6 Å². The molecule has 1 aromatic rings. The minimum Gasteiger partial charge on any atom is -0.367 e. The normalized spacial score (nSPS) is 11.9. The van der Waals surface area contributed by atoms with E-state index in [1.807, 2.05) is 19.1 Å². The fourth-order valence-corrected chi connectivity index (χ4v) is 3.95. The van der Waals surface area contributed by atoms with Gasteiger partial charge in [0.1, 0.15) is 0 Å². The zero-order valence-electron chi connectivity index (χ0n) is 13.4. The first-order chi connectivity index (χ1) is 10.00. The van der Waals surface area contributed by atoms with Gasteiger partial charge in [0.2, 0.25) is 0 Å². The molecular weight excluding hydrogens is 284 g/mol. The van der Waals surface area contributed by atoms with Crippen LogP contribution in [0.5, 0.6) is 0 Å². The lowest BCUT2D eigenvalue weighted by molar-refractivity contribution is 0.559. The molecule has 0 aromatic heterocycles. The molecule has 0 unspecified atom stereocenters. The molecule has 21 heavy (non-hydrogen) atoms. The zero-order chi connectivity index (χ0) is 15.9. The second kappa shape index (κ2) is 8.39. The second-order valence-electron chi connectivity index (χ2n) is 5.27.